The maximum atomic E-state index is 11.3. The Morgan fingerprint density at radius 3 is 2.94 bits per heavy atom. The number of hydrogen-bond acceptors (Lipinski definition) is 5. The van der Waals surface area contributed by atoms with Crippen LogP contribution < -0.4 is 0 Å². The predicted octanol–water partition coefficient (Wildman–Crippen LogP) is 3.63. The molecule has 0 amide bonds. The van der Waals surface area contributed by atoms with Crippen molar-refractivity contribution >= 4 is 40.2 Å². The predicted molar refractivity (Wildman–Crippen MR) is 70.8 cm³/mol. The zero-order valence-corrected chi connectivity index (χ0v) is 11.5. The molecule has 0 saturated heterocycles. The number of carbonyl (C=O) groups is 1. The molecule has 2 rings (SSSR count). The fourth-order valence-electron chi connectivity index (χ4n) is 1.29. The van der Waals surface area contributed by atoms with E-state index in [1.54, 1.807) is 18.3 Å². The summed E-state index contributed by atoms with van der Waals surface area (Å²) in [6.45, 7) is 2.19. The van der Waals surface area contributed by atoms with E-state index in [0.29, 0.717) is 11.6 Å². The topological polar surface area (TPSA) is 39.2 Å². The second kappa shape index (κ2) is 5.62. The minimum Gasteiger partial charge on any atom is -0.466 e. The zero-order valence-electron chi connectivity index (χ0n) is 9.10. The van der Waals surface area contributed by atoms with Crippen LogP contribution in [0.4, 0.5) is 0 Å². The molecule has 0 N–H and O–H groups in total. The fraction of sp³-hybridized carbons (Fsp3) is 0.273. The molecule has 3 nitrogen and oxygen atoms in total. The first kappa shape index (κ1) is 12.5. The number of aromatic nitrogens is 1. The molecule has 2 aromatic rings. The van der Waals surface area contributed by atoms with E-state index < -0.39 is 0 Å². The Morgan fingerprint density at radius 2 is 2.29 bits per heavy atom. The van der Waals surface area contributed by atoms with Gasteiger partial charge in [0.25, 0.3) is 0 Å². The van der Waals surface area contributed by atoms with Crippen LogP contribution in [0.1, 0.15) is 12.6 Å². The van der Waals surface area contributed by atoms with Crippen molar-refractivity contribution in [3.05, 3.63) is 27.5 Å². The van der Waals surface area contributed by atoms with Gasteiger partial charge in [-0.05, 0) is 13.0 Å². The molecule has 0 aliphatic heterocycles. The standard InChI is InChI=1S/C11H10ClNO2S2/c1-2-15-10(14)4-8-6-17-11(13-8)9-3-7(12)5-16-9/h3,5-6H,2,4H2,1H3. The number of nitrogens with zero attached hydrogens (tertiary/aromatic N) is 1. The summed E-state index contributed by atoms with van der Waals surface area (Å²) in [6.07, 6.45) is 0.226. The third-order valence-corrected chi connectivity index (χ3v) is 4.30. The van der Waals surface area contributed by atoms with Crippen LogP contribution in [0.15, 0.2) is 16.8 Å². The minimum absolute atomic E-state index is 0.226. The molecule has 0 aliphatic carbocycles. The average Bonchev–Trinajstić information content (AvgIpc) is 2.87. The maximum Gasteiger partial charge on any atom is 0.311 e. The largest absolute Gasteiger partial charge is 0.466 e. The Kier molecular flexibility index (Phi) is 4.15. The lowest BCUT2D eigenvalue weighted by Crippen LogP contribution is -2.07. The first-order valence-corrected chi connectivity index (χ1v) is 7.17. The van der Waals surface area contributed by atoms with Gasteiger partial charge in [-0.2, -0.15) is 0 Å². The number of rotatable bonds is 4. The van der Waals surface area contributed by atoms with Crippen molar-refractivity contribution in [3.8, 4) is 9.88 Å². The highest BCUT2D eigenvalue weighted by Gasteiger charge is 2.10. The van der Waals surface area contributed by atoms with Crippen LogP contribution in [0.3, 0.4) is 0 Å². The number of hydrogen-bond donors (Lipinski definition) is 0. The van der Waals surface area contributed by atoms with Crippen LogP contribution >= 0.6 is 34.3 Å². The van der Waals surface area contributed by atoms with E-state index >= 15 is 0 Å². The number of carbonyl (C=O) groups excluding carboxylic acids is 1. The minimum atomic E-state index is -0.242. The van der Waals surface area contributed by atoms with Gasteiger partial charge in [-0.25, -0.2) is 4.98 Å². The monoisotopic (exact) mass is 287 g/mol. The summed E-state index contributed by atoms with van der Waals surface area (Å²) < 4.78 is 4.87. The molecular weight excluding hydrogens is 278 g/mol. The smallest absolute Gasteiger partial charge is 0.311 e. The number of ether oxygens (including phenoxy) is 1. The molecular formula is C11H10ClNO2S2. The summed E-state index contributed by atoms with van der Waals surface area (Å²) >= 11 is 8.91. The molecule has 0 saturated carbocycles. The van der Waals surface area contributed by atoms with Crippen LogP contribution in [-0.2, 0) is 16.0 Å². The highest BCUT2D eigenvalue weighted by molar-refractivity contribution is 7.20. The van der Waals surface area contributed by atoms with Gasteiger partial charge in [0.2, 0.25) is 0 Å². The van der Waals surface area contributed by atoms with Crippen molar-refractivity contribution in [2.45, 2.75) is 13.3 Å². The van der Waals surface area contributed by atoms with Crippen LogP contribution in [0.2, 0.25) is 5.02 Å². The quantitative estimate of drug-likeness (QED) is 0.806. The Morgan fingerprint density at radius 1 is 1.47 bits per heavy atom. The fourth-order valence-corrected chi connectivity index (χ4v) is 3.26. The highest BCUT2D eigenvalue weighted by Crippen LogP contribution is 2.31. The van der Waals surface area contributed by atoms with Crippen molar-refractivity contribution in [3.63, 3.8) is 0 Å². The molecule has 2 aromatic heterocycles. The van der Waals surface area contributed by atoms with Crippen LogP contribution in [0.25, 0.3) is 9.88 Å². The lowest BCUT2D eigenvalue weighted by atomic mass is 10.3. The molecule has 17 heavy (non-hydrogen) atoms. The molecule has 0 radical (unpaired) electrons. The van der Waals surface area contributed by atoms with Crippen LogP contribution in [0.5, 0.6) is 0 Å². The van der Waals surface area contributed by atoms with E-state index in [1.807, 2.05) is 16.8 Å². The van der Waals surface area contributed by atoms with E-state index in [4.69, 9.17) is 16.3 Å². The zero-order chi connectivity index (χ0) is 12.3. The first-order valence-electron chi connectivity index (χ1n) is 5.03. The third kappa shape index (κ3) is 3.28. The van der Waals surface area contributed by atoms with Gasteiger partial charge in [0, 0.05) is 10.8 Å². The van der Waals surface area contributed by atoms with Gasteiger partial charge >= 0.3 is 5.97 Å². The summed E-state index contributed by atoms with van der Waals surface area (Å²) in [5.41, 5.74) is 0.743. The summed E-state index contributed by atoms with van der Waals surface area (Å²) in [4.78, 5) is 16.7. The Hall–Kier alpha value is -0.910. The molecule has 90 valence electrons. The normalized spacial score (nSPS) is 10.5. The second-order valence-corrected chi connectivity index (χ2v) is 5.46. The molecule has 0 unspecified atom stereocenters. The van der Waals surface area contributed by atoms with Crippen LogP contribution in [0, 0.1) is 0 Å². The lowest BCUT2D eigenvalue weighted by molar-refractivity contribution is -0.142. The van der Waals surface area contributed by atoms with Crippen molar-refractivity contribution in [1.82, 2.24) is 4.98 Å². The molecule has 6 heteroatoms. The maximum absolute atomic E-state index is 11.3. The lowest BCUT2D eigenvalue weighted by Gasteiger charge is -1.97. The van der Waals surface area contributed by atoms with E-state index in [1.165, 1.54) is 11.3 Å². The van der Waals surface area contributed by atoms with E-state index in [0.717, 1.165) is 15.6 Å². The first-order chi connectivity index (χ1) is 8.19. The van der Waals surface area contributed by atoms with Crippen LogP contribution in [-0.4, -0.2) is 17.6 Å². The Bertz CT molecular complexity index is 521. The van der Waals surface area contributed by atoms with Crippen molar-refractivity contribution in [2.24, 2.45) is 0 Å². The summed E-state index contributed by atoms with van der Waals surface area (Å²) in [7, 11) is 0. The van der Waals surface area contributed by atoms with Crippen molar-refractivity contribution in [1.29, 1.82) is 0 Å². The number of esters is 1. The van der Waals surface area contributed by atoms with E-state index in [9.17, 15) is 4.79 Å². The highest BCUT2D eigenvalue weighted by atomic mass is 35.5. The van der Waals surface area contributed by atoms with Gasteiger partial charge in [-0.15, -0.1) is 22.7 Å². The van der Waals surface area contributed by atoms with E-state index in [2.05, 4.69) is 4.98 Å². The van der Waals surface area contributed by atoms with Crippen molar-refractivity contribution < 1.29 is 9.53 Å². The van der Waals surface area contributed by atoms with Gasteiger partial charge in [-0.1, -0.05) is 11.6 Å². The number of thiazole rings is 1. The molecule has 0 aliphatic rings. The molecule has 0 atom stereocenters. The third-order valence-electron chi connectivity index (χ3n) is 1.96. The van der Waals surface area contributed by atoms with Crippen molar-refractivity contribution in [2.75, 3.05) is 6.61 Å². The Labute approximate surface area is 112 Å². The summed E-state index contributed by atoms with van der Waals surface area (Å²) in [5.74, 6) is -0.242. The summed E-state index contributed by atoms with van der Waals surface area (Å²) in [6, 6.07) is 1.87. The summed E-state index contributed by atoms with van der Waals surface area (Å²) in [5, 5.41) is 5.34. The average molecular weight is 288 g/mol. The number of thiophene rings is 1. The van der Waals surface area contributed by atoms with Gasteiger partial charge in [-0.3, -0.25) is 4.79 Å². The molecule has 0 spiro atoms. The Balaban J connectivity index is 2.08. The van der Waals surface area contributed by atoms with Gasteiger partial charge in [0.05, 0.1) is 28.6 Å². The SMILES string of the molecule is CCOC(=O)Cc1csc(-c2cc(Cl)cs2)n1. The van der Waals surface area contributed by atoms with Gasteiger partial charge in [0.15, 0.2) is 0 Å². The molecule has 0 aromatic carbocycles. The molecule has 0 bridgehead atoms. The van der Waals surface area contributed by atoms with Gasteiger partial charge in [0.1, 0.15) is 5.01 Å². The number of halogens is 1. The van der Waals surface area contributed by atoms with Gasteiger partial charge < -0.3 is 4.74 Å². The molecule has 0 fully saturated rings. The van der Waals surface area contributed by atoms with E-state index in [-0.39, 0.29) is 12.4 Å². The molecule has 2 heterocycles. The second-order valence-electron chi connectivity index (χ2n) is 3.25.